The molecule has 5 heteroatoms. The van der Waals surface area contributed by atoms with Gasteiger partial charge in [-0.3, -0.25) is 0 Å². The highest BCUT2D eigenvalue weighted by atomic mass is 16.7. The van der Waals surface area contributed by atoms with Crippen molar-refractivity contribution in [2.75, 3.05) is 19.8 Å². The maximum absolute atomic E-state index is 5.39. The Morgan fingerprint density at radius 2 is 1.03 bits per heavy atom. The van der Waals surface area contributed by atoms with E-state index in [1.54, 1.807) is 0 Å². The summed E-state index contributed by atoms with van der Waals surface area (Å²) in [6, 6.07) is 0. The van der Waals surface area contributed by atoms with E-state index in [9.17, 15) is 0 Å². The molecular formula is C27H50N2O3. The summed E-state index contributed by atoms with van der Waals surface area (Å²) in [5.74, 6) is 4.24. The van der Waals surface area contributed by atoms with Gasteiger partial charge in [0, 0.05) is 24.9 Å². The van der Waals surface area contributed by atoms with Crippen LogP contribution in [0.5, 0.6) is 0 Å². The zero-order valence-corrected chi connectivity index (χ0v) is 22.1. The summed E-state index contributed by atoms with van der Waals surface area (Å²) in [5.41, 5.74) is 1.11. The Balaban J connectivity index is 0.000000213. The maximum Gasteiger partial charge on any atom is 0.154 e. The van der Waals surface area contributed by atoms with Crippen LogP contribution in [0.3, 0.4) is 0 Å². The lowest BCUT2D eigenvalue weighted by Gasteiger charge is -2.24. The van der Waals surface area contributed by atoms with Gasteiger partial charge in [0.25, 0.3) is 0 Å². The smallest absolute Gasteiger partial charge is 0.154 e. The zero-order valence-electron chi connectivity index (χ0n) is 22.1. The number of nitrogens with zero attached hydrogens (tertiary/aromatic N) is 2. The highest BCUT2D eigenvalue weighted by Gasteiger charge is 2.14. The Bertz CT molecular complexity index is 458. The minimum absolute atomic E-state index is 0.0196. The van der Waals surface area contributed by atoms with E-state index in [2.05, 4.69) is 44.6 Å². The average Bonchev–Trinajstić information content (AvgIpc) is 2.78. The van der Waals surface area contributed by atoms with Crippen molar-refractivity contribution < 1.29 is 14.2 Å². The van der Waals surface area contributed by atoms with Crippen LogP contribution in [-0.2, 0) is 14.2 Å². The van der Waals surface area contributed by atoms with Crippen molar-refractivity contribution in [3.05, 3.63) is 23.8 Å². The van der Waals surface area contributed by atoms with E-state index in [4.69, 9.17) is 14.2 Å². The third-order valence-electron chi connectivity index (χ3n) is 6.18. The fourth-order valence-electron chi connectivity index (χ4n) is 3.59. The molecule has 2 atom stereocenters. The Morgan fingerprint density at radius 1 is 0.594 bits per heavy atom. The Labute approximate surface area is 198 Å². The van der Waals surface area contributed by atoms with Crippen LogP contribution >= 0.6 is 0 Å². The van der Waals surface area contributed by atoms with Gasteiger partial charge in [0.2, 0.25) is 0 Å². The third-order valence-corrected chi connectivity index (χ3v) is 6.18. The third kappa shape index (κ3) is 14.9. The molecule has 0 radical (unpaired) electrons. The molecule has 0 aromatic carbocycles. The molecular weight excluding hydrogens is 400 g/mol. The second-order valence-corrected chi connectivity index (χ2v) is 10.3. The van der Waals surface area contributed by atoms with Crippen LogP contribution < -0.4 is 0 Å². The minimum Gasteiger partial charge on any atom is -0.378 e. The van der Waals surface area contributed by atoms with Gasteiger partial charge in [0.15, 0.2) is 6.29 Å². The molecule has 1 aromatic heterocycles. The van der Waals surface area contributed by atoms with Crippen LogP contribution in [0.1, 0.15) is 91.5 Å². The molecule has 2 aliphatic heterocycles. The molecule has 1 aliphatic carbocycles. The molecule has 2 unspecified atom stereocenters. The first-order valence-corrected chi connectivity index (χ1v) is 12.8. The molecule has 0 amide bonds. The fourth-order valence-corrected chi connectivity index (χ4v) is 3.59. The lowest BCUT2D eigenvalue weighted by atomic mass is 9.84. The van der Waals surface area contributed by atoms with Gasteiger partial charge in [-0.15, -0.1) is 0 Å². The van der Waals surface area contributed by atoms with Crippen LogP contribution in [0.2, 0.25) is 0 Å². The van der Waals surface area contributed by atoms with Crippen LogP contribution in [0.4, 0.5) is 0 Å². The summed E-state index contributed by atoms with van der Waals surface area (Å²) in [6.07, 6.45) is 12.6. The van der Waals surface area contributed by atoms with Crippen LogP contribution in [0.25, 0.3) is 0 Å². The molecule has 0 bridgehead atoms. The number of ether oxygens (including phenoxy) is 3. The van der Waals surface area contributed by atoms with Gasteiger partial charge in [0.05, 0.1) is 19.3 Å². The van der Waals surface area contributed by atoms with Crippen molar-refractivity contribution in [3.8, 4) is 0 Å². The summed E-state index contributed by atoms with van der Waals surface area (Å²) in [5, 5.41) is 0. The zero-order chi connectivity index (χ0) is 23.9. The maximum atomic E-state index is 5.39. The van der Waals surface area contributed by atoms with Crippen LogP contribution in [0.15, 0.2) is 12.4 Å². The van der Waals surface area contributed by atoms with Gasteiger partial charge in [-0.05, 0) is 63.9 Å². The monoisotopic (exact) mass is 450 g/mol. The first-order valence-electron chi connectivity index (χ1n) is 12.8. The Kier molecular flexibility index (Phi) is 15.0. The molecule has 1 saturated carbocycles. The predicted molar refractivity (Wildman–Crippen MR) is 133 cm³/mol. The quantitative estimate of drug-likeness (QED) is 0.437. The van der Waals surface area contributed by atoms with Gasteiger partial charge >= 0.3 is 0 Å². The molecule has 4 rings (SSSR count). The standard InChI is InChI=1S/C8H16.C7H14O.C6H8N2.C6H12O2/c1-7-3-5-8(2)6-4-7;1-6-3-4-7(2)8-5-6;2*1-5-3-7-6(2)8-4-5/h7-8H,3-6H2,1-2H3;6-7H,3-5H2,1-2H3;3-4H,1-2H3;5-6H,3-4H2,1-2H3. The van der Waals surface area contributed by atoms with Gasteiger partial charge in [0.1, 0.15) is 5.82 Å². The van der Waals surface area contributed by atoms with Gasteiger partial charge in [-0.2, -0.15) is 0 Å². The molecule has 3 heterocycles. The Hall–Kier alpha value is -1.04. The molecule has 186 valence electrons. The van der Waals surface area contributed by atoms with Gasteiger partial charge in [-0.1, -0.05) is 53.4 Å². The summed E-state index contributed by atoms with van der Waals surface area (Å²) >= 11 is 0. The van der Waals surface area contributed by atoms with Crippen LogP contribution in [0, 0.1) is 37.5 Å². The second kappa shape index (κ2) is 16.6. The van der Waals surface area contributed by atoms with E-state index >= 15 is 0 Å². The van der Waals surface area contributed by atoms with Crippen molar-refractivity contribution in [3.63, 3.8) is 0 Å². The first kappa shape index (κ1) is 29.0. The number of rotatable bonds is 0. The lowest BCUT2D eigenvalue weighted by Crippen LogP contribution is -2.27. The molecule has 1 aromatic rings. The van der Waals surface area contributed by atoms with E-state index in [1.165, 1.54) is 38.5 Å². The van der Waals surface area contributed by atoms with Crippen LogP contribution in [-0.4, -0.2) is 42.2 Å². The molecule has 0 N–H and O–H groups in total. The number of hydrogen-bond acceptors (Lipinski definition) is 5. The average molecular weight is 451 g/mol. The predicted octanol–water partition coefficient (Wildman–Crippen LogP) is 6.76. The molecule has 32 heavy (non-hydrogen) atoms. The van der Waals surface area contributed by atoms with E-state index in [0.29, 0.717) is 12.0 Å². The van der Waals surface area contributed by atoms with E-state index in [-0.39, 0.29) is 6.29 Å². The summed E-state index contributed by atoms with van der Waals surface area (Å²) in [6.45, 7) is 19.7. The SMILES string of the molecule is CC1CCC(C)CC1.CC1CCC(C)OC1.CC1COC(C)OC1.Cc1cnc(C)nc1. The van der Waals surface area contributed by atoms with Crippen molar-refractivity contribution >= 4 is 0 Å². The first-order chi connectivity index (χ1) is 15.2. The van der Waals surface area contributed by atoms with Crippen molar-refractivity contribution in [1.29, 1.82) is 0 Å². The highest BCUT2D eigenvalue weighted by molar-refractivity contribution is 5.00. The fraction of sp³-hybridized carbons (Fsp3) is 0.852. The van der Waals surface area contributed by atoms with E-state index in [0.717, 1.165) is 49.0 Å². The summed E-state index contributed by atoms with van der Waals surface area (Å²) < 4.78 is 15.7. The molecule has 2 saturated heterocycles. The molecule has 5 nitrogen and oxygen atoms in total. The van der Waals surface area contributed by atoms with Crippen molar-refractivity contribution in [2.24, 2.45) is 23.7 Å². The number of aryl methyl sites for hydroxylation is 2. The normalized spacial score (nSPS) is 32.1. The number of aromatic nitrogens is 2. The minimum atomic E-state index is 0.0196. The summed E-state index contributed by atoms with van der Waals surface area (Å²) in [4.78, 5) is 7.94. The van der Waals surface area contributed by atoms with E-state index < -0.39 is 0 Å². The van der Waals surface area contributed by atoms with Crippen molar-refractivity contribution in [2.45, 2.75) is 106 Å². The van der Waals surface area contributed by atoms with Crippen molar-refractivity contribution in [1.82, 2.24) is 9.97 Å². The Morgan fingerprint density at radius 3 is 1.38 bits per heavy atom. The largest absolute Gasteiger partial charge is 0.378 e. The second-order valence-electron chi connectivity index (χ2n) is 10.3. The topological polar surface area (TPSA) is 53.5 Å². The van der Waals surface area contributed by atoms with Gasteiger partial charge < -0.3 is 14.2 Å². The molecule has 0 spiro atoms. The summed E-state index contributed by atoms with van der Waals surface area (Å²) in [7, 11) is 0. The highest BCUT2D eigenvalue weighted by Crippen LogP contribution is 2.27. The van der Waals surface area contributed by atoms with E-state index in [1.807, 2.05) is 33.2 Å². The molecule has 3 aliphatic rings. The molecule has 3 fully saturated rings. The van der Waals surface area contributed by atoms with Gasteiger partial charge in [-0.25, -0.2) is 9.97 Å². The number of hydrogen-bond donors (Lipinski definition) is 0. The lowest BCUT2D eigenvalue weighted by molar-refractivity contribution is -0.187.